The zero-order valence-corrected chi connectivity index (χ0v) is 11.2. The van der Waals surface area contributed by atoms with Crippen molar-refractivity contribution >= 4 is 17.5 Å². The van der Waals surface area contributed by atoms with Crippen LogP contribution in [0.15, 0.2) is 30.3 Å². The third-order valence-electron chi connectivity index (χ3n) is 2.67. The van der Waals surface area contributed by atoms with Crippen molar-refractivity contribution in [3.8, 4) is 0 Å². The lowest BCUT2D eigenvalue weighted by molar-refractivity contribution is -0.126. The van der Waals surface area contributed by atoms with E-state index < -0.39 is 6.10 Å². The molecule has 0 saturated carbocycles. The second-order valence-electron chi connectivity index (χ2n) is 4.71. The van der Waals surface area contributed by atoms with Crippen LogP contribution in [-0.2, 0) is 9.59 Å². The lowest BCUT2D eigenvalue weighted by atomic mass is 10.0. The van der Waals surface area contributed by atoms with Crippen LogP contribution in [0, 0.1) is 5.92 Å². The molecule has 1 unspecified atom stereocenters. The first-order valence-corrected chi connectivity index (χ1v) is 6.28. The number of aliphatic hydroxyl groups excluding tert-OH is 1. The number of hydrogen-bond donors (Lipinski definition) is 3. The van der Waals surface area contributed by atoms with Crippen LogP contribution in [0.25, 0.3) is 0 Å². The Balaban J connectivity index is 2.29. The summed E-state index contributed by atoms with van der Waals surface area (Å²) < 4.78 is 0. The van der Waals surface area contributed by atoms with Gasteiger partial charge in [0.1, 0.15) is 0 Å². The van der Waals surface area contributed by atoms with Gasteiger partial charge in [0.15, 0.2) is 0 Å². The average molecular weight is 264 g/mol. The molecular formula is C14H20N2O3. The zero-order chi connectivity index (χ0) is 14.3. The summed E-state index contributed by atoms with van der Waals surface area (Å²) in [7, 11) is 0. The molecule has 0 aliphatic heterocycles. The summed E-state index contributed by atoms with van der Waals surface area (Å²) in [5.74, 6) is -0.605. The first-order valence-electron chi connectivity index (χ1n) is 6.28. The minimum Gasteiger partial charge on any atom is -0.392 e. The topological polar surface area (TPSA) is 78.4 Å². The molecule has 0 radical (unpaired) electrons. The van der Waals surface area contributed by atoms with Gasteiger partial charge in [0, 0.05) is 5.69 Å². The maximum atomic E-state index is 11.5. The molecule has 0 heterocycles. The molecule has 0 saturated heterocycles. The summed E-state index contributed by atoms with van der Waals surface area (Å²) in [4.78, 5) is 23.0. The smallest absolute Gasteiger partial charge is 0.243 e. The molecule has 0 bridgehead atoms. The van der Waals surface area contributed by atoms with Crippen LogP contribution in [0.5, 0.6) is 0 Å². The first kappa shape index (κ1) is 15.2. The SMILES string of the molecule is CC(C)C(O)CC(=O)NCC(=O)Nc1ccccc1. The fourth-order valence-electron chi connectivity index (χ4n) is 1.40. The Morgan fingerprint density at radius 1 is 1.16 bits per heavy atom. The van der Waals surface area contributed by atoms with Crippen LogP contribution in [0.4, 0.5) is 5.69 Å². The van der Waals surface area contributed by atoms with Gasteiger partial charge in [0.2, 0.25) is 11.8 Å². The van der Waals surface area contributed by atoms with E-state index in [0.29, 0.717) is 5.69 Å². The number of para-hydroxylation sites is 1. The molecule has 0 spiro atoms. The number of hydrogen-bond acceptors (Lipinski definition) is 3. The minimum atomic E-state index is -0.683. The number of nitrogens with one attached hydrogen (secondary N) is 2. The lowest BCUT2D eigenvalue weighted by Crippen LogP contribution is -2.35. The summed E-state index contributed by atoms with van der Waals surface area (Å²) in [6, 6.07) is 9.01. The van der Waals surface area contributed by atoms with E-state index in [1.54, 1.807) is 12.1 Å². The minimum absolute atomic E-state index is 0.0102. The van der Waals surface area contributed by atoms with Gasteiger partial charge in [-0.25, -0.2) is 0 Å². The molecule has 1 rings (SSSR count). The van der Waals surface area contributed by atoms with Crippen molar-refractivity contribution in [2.75, 3.05) is 11.9 Å². The maximum Gasteiger partial charge on any atom is 0.243 e. The Morgan fingerprint density at radius 3 is 2.37 bits per heavy atom. The predicted molar refractivity (Wildman–Crippen MR) is 73.5 cm³/mol. The highest BCUT2D eigenvalue weighted by Gasteiger charge is 2.14. The van der Waals surface area contributed by atoms with Crippen LogP contribution in [-0.4, -0.2) is 29.6 Å². The van der Waals surface area contributed by atoms with Crippen LogP contribution in [0.2, 0.25) is 0 Å². The van der Waals surface area contributed by atoms with Gasteiger partial charge in [-0.2, -0.15) is 0 Å². The summed E-state index contributed by atoms with van der Waals surface area (Å²) >= 11 is 0. The molecule has 1 aromatic rings. The maximum absolute atomic E-state index is 11.5. The standard InChI is InChI=1S/C14H20N2O3/c1-10(2)12(17)8-13(18)15-9-14(19)16-11-6-4-3-5-7-11/h3-7,10,12,17H,8-9H2,1-2H3,(H,15,18)(H,16,19). The van der Waals surface area contributed by atoms with Crippen molar-refractivity contribution in [3.63, 3.8) is 0 Å². The molecule has 0 fully saturated rings. The Labute approximate surface area is 113 Å². The van der Waals surface area contributed by atoms with E-state index in [1.165, 1.54) is 0 Å². The van der Waals surface area contributed by atoms with E-state index >= 15 is 0 Å². The Morgan fingerprint density at radius 2 is 1.79 bits per heavy atom. The van der Waals surface area contributed by atoms with Crippen LogP contribution in [0.1, 0.15) is 20.3 Å². The molecule has 1 aromatic carbocycles. The van der Waals surface area contributed by atoms with Crippen molar-refractivity contribution in [1.82, 2.24) is 5.32 Å². The van der Waals surface area contributed by atoms with Gasteiger partial charge in [-0.05, 0) is 18.1 Å². The highest BCUT2D eigenvalue weighted by molar-refractivity contribution is 5.94. The fourth-order valence-corrected chi connectivity index (χ4v) is 1.40. The highest BCUT2D eigenvalue weighted by atomic mass is 16.3. The summed E-state index contributed by atoms with van der Waals surface area (Å²) in [6.45, 7) is 3.57. The summed E-state index contributed by atoms with van der Waals surface area (Å²) in [5, 5.41) is 14.7. The van der Waals surface area contributed by atoms with E-state index in [1.807, 2.05) is 32.0 Å². The number of carbonyl (C=O) groups is 2. The number of carbonyl (C=O) groups excluding carboxylic acids is 2. The van der Waals surface area contributed by atoms with E-state index in [9.17, 15) is 14.7 Å². The lowest BCUT2D eigenvalue weighted by Gasteiger charge is -2.13. The Hall–Kier alpha value is -1.88. The summed E-state index contributed by atoms with van der Waals surface area (Å²) in [6.07, 6.45) is -0.673. The van der Waals surface area contributed by atoms with Gasteiger partial charge in [-0.15, -0.1) is 0 Å². The van der Waals surface area contributed by atoms with Gasteiger partial charge in [-0.3, -0.25) is 9.59 Å². The molecule has 0 aromatic heterocycles. The molecule has 3 N–H and O–H groups in total. The zero-order valence-electron chi connectivity index (χ0n) is 11.2. The number of aliphatic hydroxyl groups is 1. The number of rotatable bonds is 6. The monoisotopic (exact) mass is 264 g/mol. The molecule has 1 atom stereocenters. The number of amides is 2. The van der Waals surface area contributed by atoms with Crippen LogP contribution < -0.4 is 10.6 Å². The van der Waals surface area contributed by atoms with Crippen molar-refractivity contribution in [3.05, 3.63) is 30.3 Å². The van der Waals surface area contributed by atoms with E-state index in [4.69, 9.17) is 0 Å². The van der Waals surface area contributed by atoms with E-state index in [0.717, 1.165) is 0 Å². The summed E-state index contributed by atoms with van der Waals surface area (Å²) in [5.41, 5.74) is 0.684. The van der Waals surface area contributed by atoms with Crippen molar-refractivity contribution in [2.45, 2.75) is 26.4 Å². The van der Waals surface area contributed by atoms with Gasteiger partial charge in [-0.1, -0.05) is 32.0 Å². The molecule has 5 nitrogen and oxygen atoms in total. The fraction of sp³-hybridized carbons (Fsp3) is 0.429. The second kappa shape index (κ2) is 7.53. The molecule has 104 valence electrons. The molecule has 0 aliphatic rings. The third-order valence-corrected chi connectivity index (χ3v) is 2.67. The van der Waals surface area contributed by atoms with Crippen LogP contribution >= 0.6 is 0 Å². The Bertz CT molecular complexity index is 418. The molecule has 2 amide bonds. The van der Waals surface area contributed by atoms with Crippen molar-refractivity contribution in [1.29, 1.82) is 0 Å². The van der Waals surface area contributed by atoms with Crippen molar-refractivity contribution in [2.24, 2.45) is 5.92 Å². The van der Waals surface area contributed by atoms with Gasteiger partial charge < -0.3 is 15.7 Å². The quantitative estimate of drug-likeness (QED) is 0.721. The van der Waals surface area contributed by atoms with Crippen LogP contribution in [0.3, 0.4) is 0 Å². The Kier molecular flexibility index (Phi) is 6.02. The van der Waals surface area contributed by atoms with Gasteiger partial charge in [0.05, 0.1) is 19.1 Å². The van der Waals surface area contributed by atoms with Crippen molar-refractivity contribution < 1.29 is 14.7 Å². The number of anilines is 1. The third kappa shape index (κ3) is 6.01. The normalized spacial score (nSPS) is 12.0. The van der Waals surface area contributed by atoms with E-state index in [-0.39, 0.29) is 30.7 Å². The predicted octanol–water partition coefficient (Wildman–Crippen LogP) is 1.15. The second-order valence-corrected chi connectivity index (χ2v) is 4.71. The highest BCUT2D eigenvalue weighted by Crippen LogP contribution is 2.05. The largest absolute Gasteiger partial charge is 0.392 e. The average Bonchev–Trinajstić information content (AvgIpc) is 2.37. The van der Waals surface area contributed by atoms with Gasteiger partial charge >= 0.3 is 0 Å². The van der Waals surface area contributed by atoms with E-state index in [2.05, 4.69) is 10.6 Å². The number of benzene rings is 1. The molecule has 19 heavy (non-hydrogen) atoms. The molecule has 5 heteroatoms. The van der Waals surface area contributed by atoms with Gasteiger partial charge in [0.25, 0.3) is 0 Å². The molecule has 0 aliphatic carbocycles. The first-order chi connectivity index (χ1) is 8.99. The molecular weight excluding hydrogens is 244 g/mol.